The van der Waals surface area contributed by atoms with Gasteiger partial charge in [0.15, 0.2) is 0 Å². The summed E-state index contributed by atoms with van der Waals surface area (Å²) in [5.74, 6) is 1.35. The van der Waals surface area contributed by atoms with Gasteiger partial charge >= 0.3 is 0 Å². The SMILES string of the molecule is CCCCN(c1ccnc(N)n1)C1CC1. The van der Waals surface area contributed by atoms with E-state index in [1.165, 1.54) is 25.7 Å². The number of nitrogens with zero attached hydrogens (tertiary/aromatic N) is 3. The molecule has 1 aliphatic carbocycles. The average molecular weight is 206 g/mol. The zero-order chi connectivity index (χ0) is 10.7. The zero-order valence-corrected chi connectivity index (χ0v) is 9.19. The minimum absolute atomic E-state index is 0.370. The molecule has 1 fully saturated rings. The van der Waals surface area contributed by atoms with Crippen molar-refractivity contribution < 1.29 is 0 Å². The van der Waals surface area contributed by atoms with Crippen LogP contribution in [0, 0.1) is 0 Å². The molecule has 1 saturated carbocycles. The van der Waals surface area contributed by atoms with Crippen molar-refractivity contribution in [3.8, 4) is 0 Å². The molecule has 1 heterocycles. The number of unbranched alkanes of at least 4 members (excludes halogenated alkanes) is 1. The number of aromatic nitrogens is 2. The lowest BCUT2D eigenvalue weighted by molar-refractivity contribution is 0.704. The summed E-state index contributed by atoms with van der Waals surface area (Å²) in [5, 5.41) is 0. The quantitative estimate of drug-likeness (QED) is 0.798. The Hall–Kier alpha value is -1.32. The van der Waals surface area contributed by atoms with Crippen LogP contribution >= 0.6 is 0 Å². The first kappa shape index (κ1) is 10.2. The number of anilines is 2. The van der Waals surface area contributed by atoms with Crippen molar-refractivity contribution >= 4 is 11.8 Å². The van der Waals surface area contributed by atoms with E-state index < -0.39 is 0 Å². The Morgan fingerprint density at radius 3 is 2.93 bits per heavy atom. The first-order valence-electron chi connectivity index (χ1n) is 5.66. The smallest absolute Gasteiger partial charge is 0.221 e. The van der Waals surface area contributed by atoms with Crippen molar-refractivity contribution in [1.29, 1.82) is 0 Å². The van der Waals surface area contributed by atoms with Crippen LogP contribution in [-0.4, -0.2) is 22.6 Å². The Bertz CT molecular complexity index is 322. The highest BCUT2D eigenvalue weighted by Crippen LogP contribution is 2.30. The topological polar surface area (TPSA) is 55.0 Å². The van der Waals surface area contributed by atoms with Gasteiger partial charge in [-0.15, -0.1) is 0 Å². The number of nitrogens with two attached hydrogens (primary N) is 1. The Labute approximate surface area is 90.5 Å². The van der Waals surface area contributed by atoms with Crippen molar-refractivity contribution in [3.05, 3.63) is 12.3 Å². The van der Waals surface area contributed by atoms with Crippen molar-refractivity contribution in [2.45, 2.75) is 38.6 Å². The van der Waals surface area contributed by atoms with Crippen LogP contribution in [0.4, 0.5) is 11.8 Å². The molecule has 0 atom stereocenters. The molecule has 15 heavy (non-hydrogen) atoms. The molecular weight excluding hydrogens is 188 g/mol. The fourth-order valence-electron chi connectivity index (χ4n) is 1.72. The van der Waals surface area contributed by atoms with Crippen LogP contribution in [0.25, 0.3) is 0 Å². The highest BCUT2D eigenvalue weighted by atomic mass is 15.2. The van der Waals surface area contributed by atoms with Gasteiger partial charge in [0, 0.05) is 18.8 Å². The second-order valence-corrected chi connectivity index (χ2v) is 4.05. The van der Waals surface area contributed by atoms with Gasteiger partial charge in [-0.2, -0.15) is 4.98 Å². The van der Waals surface area contributed by atoms with Gasteiger partial charge in [-0.05, 0) is 25.3 Å². The standard InChI is InChI=1S/C11H18N4/c1-2-3-8-15(9-4-5-9)10-6-7-13-11(12)14-10/h6-7,9H,2-5,8H2,1H3,(H2,12,13,14). The number of hydrogen-bond donors (Lipinski definition) is 1. The van der Waals surface area contributed by atoms with Crippen molar-refractivity contribution in [3.63, 3.8) is 0 Å². The van der Waals surface area contributed by atoms with Gasteiger partial charge in [0.2, 0.25) is 5.95 Å². The van der Waals surface area contributed by atoms with Crippen molar-refractivity contribution in [2.75, 3.05) is 17.2 Å². The van der Waals surface area contributed by atoms with E-state index in [-0.39, 0.29) is 0 Å². The van der Waals surface area contributed by atoms with Crippen LogP contribution < -0.4 is 10.6 Å². The molecular formula is C11H18N4. The van der Waals surface area contributed by atoms with Crippen LogP contribution in [0.3, 0.4) is 0 Å². The lowest BCUT2D eigenvalue weighted by Crippen LogP contribution is -2.27. The molecule has 1 aromatic rings. The highest BCUT2D eigenvalue weighted by molar-refractivity contribution is 5.43. The molecule has 2 N–H and O–H groups in total. The third kappa shape index (κ3) is 2.58. The summed E-state index contributed by atoms with van der Waals surface area (Å²) in [6.45, 7) is 3.29. The van der Waals surface area contributed by atoms with Crippen molar-refractivity contribution in [1.82, 2.24) is 9.97 Å². The Balaban J connectivity index is 2.09. The predicted molar refractivity (Wildman–Crippen MR) is 61.7 cm³/mol. The predicted octanol–water partition coefficient (Wildman–Crippen LogP) is 1.83. The Morgan fingerprint density at radius 2 is 2.33 bits per heavy atom. The first-order chi connectivity index (χ1) is 7.31. The van der Waals surface area contributed by atoms with Gasteiger partial charge in [0.25, 0.3) is 0 Å². The summed E-state index contributed by atoms with van der Waals surface area (Å²) in [4.78, 5) is 10.6. The molecule has 0 aromatic carbocycles. The zero-order valence-electron chi connectivity index (χ0n) is 9.19. The molecule has 4 nitrogen and oxygen atoms in total. The van der Waals surface area contributed by atoms with E-state index in [0.29, 0.717) is 12.0 Å². The summed E-state index contributed by atoms with van der Waals surface area (Å²) in [6.07, 6.45) is 6.73. The van der Waals surface area contributed by atoms with Crippen LogP contribution in [0.15, 0.2) is 12.3 Å². The van der Waals surface area contributed by atoms with Crippen LogP contribution in [0.5, 0.6) is 0 Å². The summed E-state index contributed by atoms with van der Waals surface area (Å²) in [5.41, 5.74) is 5.60. The highest BCUT2D eigenvalue weighted by Gasteiger charge is 2.29. The summed E-state index contributed by atoms with van der Waals surface area (Å²) in [6, 6.07) is 2.63. The van der Waals surface area contributed by atoms with E-state index in [0.717, 1.165) is 12.4 Å². The minimum Gasteiger partial charge on any atom is -0.368 e. The summed E-state index contributed by atoms with van der Waals surface area (Å²) < 4.78 is 0. The minimum atomic E-state index is 0.370. The van der Waals surface area contributed by atoms with E-state index >= 15 is 0 Å². The Morgan fingerprint density at radius 1 is 1.53 bits per heavy atom. The van der Waals surface area contributed by atoms with Crippen LogP contribution in [0.2, 0.25) is 0 Å². The fraction of sp³-hybridized carbons (Fsp3) is 0.636. The second-order valence-electron chi connectivity index (χ2n) is 4.05. The first-order valence-corrected chi connectivity index (χ1v) is 5.66. The molecule has 0 saturated heterocycles. The number of rotatable bonds is 5. The molecule has 0 bridgehead atoms. The third-order valence-electron chi connectivity index (χ3n) is 2.69. The van der Waals surface area contributed by atoms with Gasteiger partial charge in [-0.3, -0.25) is 0 Å². The molecule has 0 radical (unpaired) electrons. The molecule has 0 spiro atoms. The van der Waals surface area contributed by atoms with E-state index in [1.807, 2.05) is 6.07 Å². The molecule has 82 valence electrons. The third-order valence-corrected chi connectivity index (χ3v) is 2.69. The largest absolute Gasteiger partial charge is 0.368 e. The van der Waals surface area contributed by atoms with Gasteiger partial charge in [0.1, 0.15) is 5.82 Å². The molecule has 1 aliphatic rings. The van der Waals surface area contributed by atoms with E-state index in [2.05, 4.69) is 21.8 Å². The van der Waals surface area contributed by atoms with E-state index in [4.69, 9.17) is 5.73 Å². The van der Waals surface area contributed by atoms with Gasteiger partial charge in [-0.1, -0.05) is 13.3 Å². The average Bonchev–Trinajstić information content (AvgIpc) is 3.03. The van der Waals surface area contributed by atoms with E-state index in [1.54, 1.807) is 6.20 Å². The molecule has 1 aromatic heterocycles. The molecule has 4 heteroatoms. The number of nitrogen functional groups attached to an aromatic ring is 1. The monoisotopic (exact) mass is 206 g/mol. The van der Waals surface area contributed by atoms with E-state index in [9.17, 15) is 0 Å². The number of hydrogen-bond acceptors (Lipinski definition) is 4. The maximum atomic E-state index is 5.60. The fourth-order valence-corrected chi connectivity index (χ4v) is 1.72. The summed E-state index contributed by atoms with van der Waals surface area (Å²) >= 11 is 0. The molecule has 0 aliphatic heterocycles. The van der Waals surface area contributed by atoms with Gasteiger partial charge in [0.05, 0.1) is 0 Å². The van der Waals surface area contributed by atoms with Crippen LogP contribution in [-0.2, 0) is 0 Å². The van der Waals surface area contributed by atoms with Crippen molar-refractivity contribution in [2.24, 2.45) is 0 Å². The second kappa shape index (κ2) is 4.47. The lowest BCUT2D eigenvalue weighted by atomic mass is 10.3. The van der Waals surface area contributed by atoms with Gasteiger partial charge in [-0.25, -0.2) is 4.98 Å². The normalized spacial score (nSPS) is 15.3. The van der Waals surface area contributed by atoms with Crippen LogP contribution in [0.1, 0.15) is 32.6 Å². The molecule has 2 rings (SSSR count). The molecule has 0 amide bonds. The Kier molecular flexibility index (Phi) is 3.04. The molecule has 0 unspecified atom stereocenters. The maximum absolute atomic E-state index is 5.60. The van der Waals surface area contributed by atoms with Gasteiger partial charge < -0.3 is 10.6 Å². The lowest BCUT2D eigenvalue weighted by Gasteiger charge is -2.23. The summed E-state index contributed by atoms with van der Waals surface area (Å²) in [7, 11) is 0. The maximum Gasteiger partial charge on any atom is 0.221 e.